The molecular weight excluding hydrogens is 204 g/mol. The third-order valence-electron chi connectivity index (χ3n) is 3.04. The van der Waals surface area contributed by atoms with Crippen LogP contribution in [0.5, 0.6) is 0 Å². The highest BCUT2D eigenvalue weighted by molar-refractivity contribution is 6.01. The van der Waals surface area contributed by atoms with Gasteiger partial charge in [-0.3, -0.25) is 0 Å². The second-order valence-electron chi connectivity index (χ2n) is 4.24. The Morgan fingerprint density at radius 1 is 1.50 bits per heavy atom. The highest BCUT2D eigenvalue weighted by atomic mass is 16.4. The molecule has 0 spiro atoms. The van der Waals surface area contributed by atoms with Gasteiger partial charge in [-0.15, -0.1) is 0 Å². The Morgan fingerprint density at radius 2 is 2.25 bits per heavy atom. The summed E-state index contributed by atoms with van der Waals surface area (Å²) < 4.78 is 2.15. The number of imidazole rings is 1. The molecule has 0 radical (unpaired) electrons. The van der Waals surface area contributed by atoms with E-state index >= 15 is 0 Å². The molecule has 1 saturated carbocycles. The number of carboxylic acid groups (broad SMARTS) is 1. The number of carbonyl (C=O) groups is 1. The number of aryl methyl sites for hydroxylation is 1. The van der Waals surface area contributed by atoms with Crippen LogP contribution < -0.4 is 0 Å². The number of aromatic carboxylic acids is 1. The first-order valence-corrected chi connectivity index (χ1v) is 5.39. The summed E-state index contributed by atoms with van der Waals surface area (Å²) in [7, 11) is 0. The van der Waals surface area contributed by atoms with Gasteiger partial charge in [-0.25, -0.2) is 9.78 Å². The monoisotopic (exact) mass is 216 g/mol. The Bertz CT molecular complexity index is 582. The predicted molar refractivity (Wildman–Crippen MR) is 59.7 cm³/mol. The topological polar surface area (TPSA) is 55.1 Å². The lowest BCUT2D eigenvalue weighted by Gasteiger charge is -2.03. The molecule has 0 atom stereocenters. The molecule has 1 fully saturated rings. The lowest BCUT2D eigenvalue weighted by atomic mass is 10.2. The zero-order valence-corrected chi connectivity index (χ0v) is 8.97. The fraction of sp³-hybridized carbons (Fsp3) is 0.333. The van der Waals surface area contributed by atoms with Crippen molar-refractivity contribution in [3.05, 3.63) is 29.6 Å². The third-order valence-corrected chi connectivity index (χ3v) is 3.04. The summed E-state index contributed by atoms with van der Waals surface area (Å²) in [6, 6.07) is 5.86. The number of benzene rings is 1. The predicted octanol–water partition coefficient (Wildman–Crippen LogP) is 2.38. The van der Waals surface area contributed by atoms with Crippen LogP contribution in [0.15, 0.2) is 18.2 Å². The molecular formula is C12H12N2O2. The maximum Gasteiger partial charge on any atom is 0.337 e. The first-order chi connectivity index (χ1) is 7.68. The lowest BCUT2D eigenvalue weighted by Crippen LogP contribution is -1.98. The van der Waals surface area contributed by atoms with Crippen molar-refractivity contribution in [1.29, 1.82) is 0 Å². The Kier molecular flexibility index (Phi) is 1.80. The van der Waals surface area contributed by atoms with E-state index in [4.69, 9.17) is 5.11 Å². The molecule has 16 heavy (non-hydrogen) atoms. The molecule has 0 aliphatic heterocycles. The molecule has 0 bridgehead atoms. The van der Waals surface area contributed by atoms with Gasteiger partial charge in [-0.2, -0.15) is 0 Å². The van der Waals surface area contributed by atoms with E-state index < -0.39 is 5.97 Å². The van der Waals surface area contributed by atoms with Crippen LogP contribution >= 0.6 is 0 Å². The molecule has 1 aliphatic rings. The van der Waals surface area contributed by atoms with Crippen LogP contribution in [-0.4, -0.2) is 20.6 Å². The van der Waals surface area contributed by atoms with Crippen molar-refractivity contribution in [2.45, 2.75) is 25.8 Å². The van der Waals surface area contributed by atoms with E-state index in [1.807, 2.05) is 13.0 Å². The Hall–Kier alpha value is -1.84. The maximum absolute atomic E-state index is 11.1. The molecule has 1 heterocycles. The molecule has 2 aromatic rings. The number of hydrogen-bond donors (Lipinski definition) is 1. The average Bonchev–Trinajstić information content (AvgIpc) is 3.00. The highest BCUT2D eigenvalue weighted by Crippen LogP contribution is 2.38. The minimum Gasteiger partial charge on any atom is -0.478 e. The van der Waals surface area contributed by atoms with Crippen molar-refractivity contribution < 1.29 is 9.90 Å². The van der Waals surface area contributed by atoms with E-state index in [1.165, 1.54) is 12.8 Å². The summed E-state index contributed by atoms with van der Waals surface area (Å²) in [5.74, 6) is -0.00255. The summed E-state index contributed by atoms with van der Waals surface area (Å²) in [4.78, 5) is 15.4. The maximum atomic E-state index is 11.1. The summed E-state index contributed by atoms with van der Waals surface area (Å²) in [5, 5.41) is 9.09. The molecule has 0 amide bonds. The second kappa shape index (κ2) is 3.07. The highest BCUT2D eigenvalue weighted by Gasteiger charge is 2.27. The zero-order chi connectivity index (χ0) is 11.3. The molecule has 1 aromatic carbocycles. The van der Waals surface area contributed by atoms with Gasteiger partial charge in [0.15, 0.2) is 0 Å². The van der Waals surface area contributed by atoms with E-state index in [1.54, 1.807) is 12.1 Å². The van der Waals surface area contributed by atoms with Crippen LogP contribution in [0.3, 0.4) is 0 Å². The molecule has 82 valence electrons. The van der Waals surface area contributed by atoms with Gasteiger partial charge in [0.1, 0.15) is 11.3 Å². The van der Waals surface area contributed by atoms with Gasteiger partial charge in [0, 0.05) is 6.04 Å². The molecule has 1 N–H and O–H groups in total. The first kappa shape index (κ1) is 9.39. The SMILES string of the molecule is Cc1nc2c(C(=O)O)cccc2n1C1CC1. The van der Waals surface area contributed by atoms with Crippen LogP contribution in [-0.2, 0) is 0 Å². The number of fused-ring (bicyclic) bond motifs is 1. The normalized spacial score (nSPS) is 15.6. The quantitative estimate of drug-likeness (QED) is 0.838. The summed E-state index contributed by atoms with van der Waals surface area (Å²) >= 11 is 0. The minimum absolute atomic E-state index is 0.292. The molecule has 3 rings (SSSR count). The fourth-order valence-electron chi connectivity index (χ4n) is 2.20. The van der Waals surface area contributed by atoms with Crippen LogP contribution in [0.4, 0.5) is 0 Å². The fourth-order valence-corrected chi connectivity index (χ4v) is 2.20. The molecule has 4 heteroatoms. The van der Waals surface area contributed by atoms with Crippen LogP contribution in [0, 0.1) is 6.92 Å². The smallest absolute Gasteiger partial charge is 0.337 e. The van der Waals surface area contributed by atoms with E-state index in [-0.39, 0.29) is 0 Å². The van der Waals surface area contributed by atoms with Gasteiger partial charge in [0.25, 0.3) is 0 Å². The van der Waals surface area contributed by atoms with Gasteiger partial charge < -0.3 is 9.67 Å². The van der Waals surface area contributed by atoms with Crippen LogP contribution in [0.25, 0.3) is 11.0 Å². The number of nitrogens with zero attached hydrogens (tertiary/aromatic N) is 2. The zero-order valence-electron chi connectivity index (χ0n) is 8.97. The second-order valence-corrected chi connectivity index (χ2v) is 4.24. The largest absolute Gasteiger partial charge is 0.478 e. The Morgan fingerprint density at radius 3 is 2.88 bits per heavy atom. The molecule has 0 unspecified atom stereocenters. The van der Waals surface area contributed by atoms with E-state index in [2.05, 4.69) is 9.55 Å². The summed E-state index contributed by atoms with van der Waals surface area (Å²) in [6.45, 7) is 1.93. The van der Waals surface area contributed by atoms with Crippen LogP contribution in [0.1, 0.15) is 35.1 Å². The Balaban J connectivity index is 2.33. The summed E-state index contributed by atoms with van der Waals surface area (Å²) in [6.07, 6.45) is 2.34. The van der Waals surface area contributed by atoms with Gasteiger partial charge in [0.2, 0.25) is 0 Å². The van der Waals surface area contributed by atoms with Crippen molar-refractivity contribution in [2.75, 3.05) is 0 Å². The van der Waals surface area contributed by atoms with Gasteiger partial charge in [-0.05, 0) is 31.9 Å². The molecule has 4 nitrogen and oxygen atoms in total. The summed E-state index contributed by atoms with van der Waals surface area (Å²) in [5.41, 5.74) is 1.85. The number of hydrogen-bond acceptors (Lipinski definition) is 2. The molecule has 1 aromatic heterocycles. The van der Waals surface area contributed by atoms with E-state index in [0.717, 1.165) is 11.3 Å². The number of aromatic nitrogens is 2. The van der Waals surface area contributed by atoms with Gasteiger partial charge in [-0.1, -0.05) is 6.07 Å². The number of carboxylic acids is 1. The van der Waals surface area contributed by atoms with E-state index in [9.17, 15) is 4.79 Å². The van der Waals surface area contributed by atoms with Crippen molar-refractivity contribution in [1.82, 2.24) is 9.55 Å². The van der Waals surface area contributed by atoms with Gasteiger partial charge >= 0.3 is 5.97 Å². The van der Waals surface area contributed by atoms with Crippen molar-refractivity contribution in [3.8, 4) is 0 Å². The Labute approximate surface area is 92.5 Å². The van der Waals surface area contributed by atoms with Gasteiger partial charge in [0.05, 0.1) is 11.1 Å². The standard InChI is InChI=1S/C12H12N2O2/c1-7-13-11-9(12(15)16)3-2-4-10(11)14(7)8-5-6-8/h2-4,8H,5-6H2,1H3,(H,15,16). The van der Waals surface area contributed by atoms with E-state index in [0.29, 0.717) is 17.1 Å². The lowest BCUT2D eigenvalue weighted by molar-refractivity contribution is 0.0699. The first-order valence-electron chi connectivity index (χ1n) is 5.39. The molecule has 1 aliphatic carbocycles. The number of rotatable bonds is 2. The van der Waals surface area contributed by atoms with Crippen molar-refractivity contribution in [2.24, 2.45) is 0 Å². The number of para-hydroxylation sites is 1. The average molecular weight is 216 g/mol. The van der Waals surface area contributed by atoms with Crippen molar-refractivity contribution in [3.63, 3.8) is 0 Å². The van der Waals surface area contributed by atoms with Crippen molar-refractivity contribution >= 4 is 17.0 Å². The minimum atomic E-state index is -0.911. The van der Waals surface area contributed by atoms with Crippen LogP contribution in [0.2, 0.25) is 0 Å². The molecule has 0 saturated heterocycles. The third kappa shape index (κ3) is 1.23.